The number of nitrogens with one attached hydrogen (secondary N) is 1. The van der Waals surface area contributed by atoms with Crippen LogP contribution in [-0.4, -0.2) is 12.6 Å². The molecule has 1 aliphatic carbocycles. The Balaban J connectivity index is 2.23. The third-order valence-electron chi connectivity index (χ3n) is 4.14. The number of halogens is 2. The van der Waals surface area contributed by atoms with Crippen LogP contribution in [0.3, 0.4) is 0 Å². The van der Waals surface area contributed by atoms with Gasteiger partial charge in [0.15, 0.2) is 0 Å². The smallest absolute Gasteiger partial charge is 0.130 e. The van der Waals surface area contributed by atoms with Gasteiger partial charge >= 0.3 is 0 Å². The molecule has 1 saturated carbocycles. The van der Waals surface area contributed by atoms with Crippen LogP contribution in [0.2, 0.25) is 5.02 Å². The molecule has 1 aromatic carbocycles. The minimum atomic E-state index is -0.197. The zero-order valence-corrected chi connectivity index (χ0v) is 13.7. The average Bonchev–Trinajstić information content (AvgIpc) is 2.47. The number of benzene rings is 1. The highest BCUT2D eigenvalue weighted by atomic mass is 35.5. The van der Waals surface area contributed by atoms with Gasteiger partial charge in [0.05, 0.1) is 0 Å². The van der Waals surface area contributed by atoms with Crippen molar-refractivity contribution in [3.8, 4) is 0 Å². The maximum atomic E-state index is 14.0. The Hall–Kier alpha value is -0.860. The Kier molecular flexibility index (Phi) is 6.25. The van der Waals surface area contributed by atoms with Gasteiger partial charge in [0.25, 0.3) is 0 Å². The molecule has 1 aromatic rings. The standard InChI is InChI=1S/C18H25ClFN/c1-13(2)21-12-16(14-6-4-3-5-7-14)10-15-11-17(19)8-9-18(15)20/h8-11,13-14,21H,3-7,12H2,1-2H3/b16-10-. The van der Waals surface area contributed by atoms with Gasteiger partial charge in [0.1, 0.15) is 5.82 Å². The molecule has 1 nitrogen and oxygen atoms in total. The molecule has 2 rings (SSSR count). The van der Waals surface area contributed by atoms with E-state index >= 15 is 0 Å². The summed E-state index contributed by atoms with van der Waals surface area (Å²) >= 11 is 6.00. The molecule has 116 valence electrons. The monoisotopic (exact) mass is 309 g/mol. The van der Waals surface area contributed by atoms with Gasteiger partial charge in [-0.1, -0.05) is 56.4 Å². The maximum absolute atomic E-state index is 14.0. The van der Waals surface area contributed by atoms with E-state index in [1.54, 1.807) is 12.1 Å². The molecule has 1 N–H and O–H groups in total. The first-order chi connectivity index (χ1) is 10.1. The second-order valence-electron chi connectivity index (χ2n) is 6.26. The summed E-state index contributed by atoms with van der Waals surface area (Å²) in [6, 6.07) is 5.19. The van der Waals surface area contributed by atoms with E-state index in [0.29, 0.717) is 22.5 Å². The molecule has 1 aliphatic rings. The molecular formula is C18H25ClFN. The molecule has 1 fully saturated rings. The molecule has 3 heteroatoms. The Morgan fingerprint density at radius 3 is 2.71 bits per heavy atom. The second kappa shape index (κ2) is 7.95. The third-order valence-corrected chi connectivity index (χ3v) is 4.38. The van der Waals surface area contributed by atoms with Crippen LogP contribution in [-0.2, 0) is 0 Å². The van der Waals surface area contributed by atoms with Gasteiger partial charge in [-0.3, -0.25) is 0 Å². The van der Waals surface area contributed by atoms with Crippen molar-refractivity contribution in [3.63, 3.8) is 0 Å². The molecule has 0 heterocycles. The van der Waals surface area contributed by atoms with Crippen molar-refractivity contribution in [2.75, 3.05) is 6.54 Å². The van der Waals surface area contributed by atoms with Gasteiger partial charge in [-0.25, -0.2) is 4.39 Å². The number of hydrogen-bond donors (Lipinski definition) is 1. The molecule has 0 aromatic heterocycles. The van der Waals surface area contributed by atoms with Gasteiger partial charge in [0.2, 0.25) is 0 Å². The summed E-state index contributed by atoms with van der Waals surface area (Å²) in [5.41, 5.74) is 1.91. The summed E-state index contributed by atoms with van der Waals surface area (Å²) in [6.07, 6.45) is 8.32. The lowest BCUT2D eigenvalue weighted by molar-refractivity contribution is 0.394. The molecule has 21 heavy (non-hydrogen) atoms. The Labute approximate surface area is 132 Å². The van der Waals surface area contributed by atoms with Gasteiger partial charge in [-0.15, -0.1) is 0 Å². The summed E-state index contributed by atoms with van der Waals surface area (Å²) < 4.78 is 14.0. The highest BCUT2D eigenvalue weighted by Gasteiger charge is 2.18. The normalized spacial score (nSPS) is 17.5. The van der Waals surface area contributed by atoms with E-state index in [2.05, 4.69) is 19.2 Å². The molecule has 0 bridgehead atoms. The average molecular weight is 310 g/mol. The van der Waals surface area contributed by atoms with Crippen LogP contribution in [0.5, 0.6) is 0 Å². The fourth-order valence-corrected chi connectivity index (χ4v) is 3.11. The molecule has 0 atom stereocenters. The quantitative estimate of drug-likeness (QED) is 0.763. The number of rotatable bonds is 5. The van der Waals surface area contributed by atoms with E-state index in [4.69, 9.17) is 11.6 Å². The Morgan fingerprint density at radius 1 is 1.33 bits per heavy atom. The predicted molar refractivity (Wildman–Crippen MR) is 89.1 cm³/mol. The second-order valence-corrected chi connectivity index (χ2v) is 6.69. The van der Waals surface area contributed by atoms with E-state index in [1.165, 1.54) is 43.7 Å². The Bertz CT molecular complexity index is 490. The fraction of sp³-hybridized carbons (Fsp3) is 0.556. The van der Waals surface area contributed by atoms with Crippen molar-refractivity contribution < 1.29 is 4.39 Å². The minimum Gasteiger partial charge on any atom is -0.311 e. The molecule has 0 spiro atoms. The summed E-state index contributed by atoms with van der Waals surface area (Å²) in [4.78, 5) is 0. The van der Waals surface area contributed by atoms with Crippen LogP contribution in [0.4, 0.5) is 4.39 Å². The minimum absolute atomic E-state index is 0.197. The Morgan fingerprint density at radius 2 is 2.05 bits per heavy atom. The zero-order valence-electron chi connectivity index (χ0n) is 13.0. The van der Waals surface area contributed by atoms with Crippen molar-refractivity contribution in [3.05, 3.63) is 40.2 Å². The van der Waals surface area contributed by atoms with Crippen molar-refractivity contribution in [2.45, 2.75) is 52.0 Å². The summed E-state index contributed by atoms with van der Waals surface area (Å²) in [5.74, 6) is 0.376. The first-order valence-corrected chi connectivity index (χ1v) is 8.33. The fourth-order valence-electron chi connectivity index (χ4n) is 2.93. The highest BCUT2D eigenvalue weighted by molar-refractivity contribution is 6.30. The zero-order chi connectivity index (χ0) is 15.2. The third kappa shape index (κ3) is 5.12. The summed E-state index contributed by atoms with van der Waals surface area (Å²) in [5, 5.41) is 4.06. The predicted octanol–water partition coefficient (Wildman–Crippen LogP) is 5.44. The van der Waals surface area contributed by atoms with E-state index in [-0.39, 0.29) is 5.82 Å². The lowest BCUT2D eigenvalue weighted by Gasteiger charge is -2.26. The van der Waals surface area contributed by atoms with Crippen LogP contribution in [0, 0.1) is 11.7 Å². The van der Waals surface area contributed by atoms with Gasteiger partial charge in [-0.05, 0) is 37.0 Å². The van der Waals surface area contributed by atoms with E-state index in [1.807, 2.05) is 6.08 Å². The molecule has 0 radical (unpaired) electrons. The maximum Gasteiger partial charge on any atom is 0.130 e. The van der Waals surface area contributed by atoms with E-state index in [0.717, 1.165) is 6.54 Å². The van der Waals surface area contributed by atoms with Crippen molar-refractivity contribution >= 4 is 17.7 Å². The summed E-state index contributed by atoms with van der Waals surface area (Å²) in [6.45, 7) is 5.10. The van der Waals surface area contributed by atoms with Crippen LogP contribution in [0.15, 0.2) is 23.8 Å². The van der Waals surface area contributed by atoms with Crippen LogP contribution in [0.1, 0.15) is 51.5 Å². The topological polar surface area (TPSA) is 12.0 Å². The van der Waals surface area contributed by atoms with Crippen molar-refractivity contribution in [2.24, 2.45) is 5.92 Å². The van der Waals surface area contributed by atoms with Gasteiger partial charge in [0, 0.05) is 23.2 Å². The van der Waals surface area contributed by atoms with Crippen molar-refractivity contribution in [1.82, 2.24) is 5.32 Å². The molecule has 0 amide bonds. The van der Waals surface area contributed by atoms with Crippen molar-refractivity contribution in [1.29, 1.82) is 0 Å². The molecule has 0 aliphatic heterocycles. The van der Waals surface area contributed by atoms with E-state index < -0.39 is 0 Å². The SMILES string of the molecule is CC(C)NC/C(=C/c1cc(Cl)ccc1F)C1CCCCC1. The largest absolute Gasteiger partial charge is 0.311 e. The van der Waals surface area contributed by atoms with Crippen LogP contribution < -0.4 is 5.32 Å². The summed E-state index contributed by atoms with van der Waals surface area (Å²) in [7, 11) is 0. The lowest BCUT2D eigenvalue weighted by Crippen LogP contribution is -2.28. The molecule has 0 saturated heterocycles. The van der Waals surface area contributed by atoms with Crippen LogP contribution in [0.25, 0.3) is 6.08 Å². The first-order valence-electron chi connectivity index (χ1n) is 7.95. The van der Waals surface area contributed by atoms with Gasteiger partial charge in [-0.2, -0.15) is 0 Å². The molecular weight excluding hydrogens is 285 g/mol. The molecule has 0 unspecified atom stereocenters. The van der Waals surface area contributed by atoms with Gasteiger partial charge < -0.3 is 5.32 Å². The number of hydrogen-bond acceptors (Lipinski definition) is 1. The van der Waals surface area contributed by atoms with Crippen LogP contribution >= 0.6 is 11.6 Å². The van der Waals surface area contributed by atoms with E-state index in [9.17, 15) is 4.39 Å². The highest BCUT2D eigenvalue weighted by Crippen LogP contribution is 2.31. The lowest BCUT2D eigenvalue weighted by atomic mass is 9.83. The first kappa shape index (κ1) is 16.5.